The lowest BCUT2D eigenvalue weighted by atomic mass is 10.1. The zero-order chi connectivity index (χ0) is 12.1. The summed E-state index contributed by atoms with van der Waals surface area (Å²) in [6.07, 6.45) is 2.81. The first-order valence-electron chi connectivity index (χ1n) is 6.00. The Morgan fingerprint density at radius 3 is 3.00 bits per heavy atom. The van der Waals surface area contributed by atoms with Crippen LogP contribution in [0.4, 0.5) is 0 Å². The van der Waals surface area contributed by atoms with Crippen molar-refractivity contribution in [2.45, 2.75) is 13.3 Å². The van der Waals surface area contributed by atoms with Crippen LogP contribution in [0.25, 0.3) is 10.9 Å². The van der Waals surface area contributed by atoms with Gasteiger partial charge in [0.1, 0.15) is 17.9 Å². The molecule has 1 aromatic heterocycles. The molecular weight excluding hydrogens is 212 g/mol. The Morgan fingerprint density at radius 1 is 1.35 bits per heavy atom. The number of ether oxygens (including phenoxy) is 1. The molecule has 1 aromatic carbocycles. The summed E-state index contributed by atoms with van der Waals surface area (Å²) in [5.74, 6) is 0.884. The zero-order valence-corrected chi connectivity index (χ0v) is 10.4. The van der Waals surface area contributed by atoms with Gasteiger partial charge in [0.2, 0.25) is 0 Å². The van der Waals surface area contributed by atoms with E-state index in [1.54, 1.807) is 6.20 Å². The Labute approximate surface area is 102 Å². The summed E-state index contributed by atoms with van der Waals surface area (Å²) in [5, 5.41) is 4.21. The van der Waals surface area contributed by atoms with Gasteiger partial charge in [-0.2, -0.15) is 0 Å². The van der Waals surface area contributed by atoms with Crippen LogP contribution < -0.4 is 10.1 Å². The van der Waals surface area contributed by atoms with Crippen LogP contribution in [0.5, 0.6) is 5.75 Å². The molecule has 2 rings (SSSR count). The van der Waals surface area contributed by atoms with Crippen molar-refractivity contribution in [3.63, 3.8) is 0 Å². The fourth-order valence-electron chi connectivity index (χ4n) is 1.80. The number of fused-ring (bicyclic) bond motifs is 1. The molecule has 0 bridgehead atoms. The lowest BCUT2D eigenvalue weighted by Crippen LogP contribution is -2.16. The molecule has 0 aliphatic rings. The van der Waals surface area contributed by atoms with Crippen LogP contribution in [0.3, 0.4) is 0 Å². The van der Waals surface area contributed by atoms with Crippen LogP contribution in [0, 0.1) is 0 Å². The molecule has 17 heavy (non-hydrogen) atoms. The van der Waals surface area contributed by atoms with Crippen LogP contribution in [0.1, 0.15) is 12.5 Å². The fourth-order valence-corrected chi connectivity index (χ4v) is 1.80. The van der Waals surface area contributed by atoms with E-state index in [2.05, 4.69) is 35.4 Å². The van der Waals surface area contributed by atoms with Crippen molar-refractivity contribution in [1.82, 2.24) is 10.3 Å². The molecule has 0 amide bonds. The van der Waals surface area contributed by atoms with Crippen molar-refractivity contribution in [2.75, 3.05) is 20.2 Å². The molecule has 0 saturated heterocycles. The second kappa shape index (κ2) is 5.64. The average molecular weight is 230 g/mol. The van der Waals surface area contributed by atoms with Crippen LogP contribution in [0.15, 0.2) is 30.5 Å². The minimum atomic E-state index is 0.662. The van der Waals surface area contributed by atoms with E-state index in [9.17, 15) is 0 Å². The number of pyridine rings is 1. The van der Waals surface area contributed by atoms with Gasteiger partial charge in [0.25, 0.3) is 0 Å². The maximum Gasteiger partial charge on any atom is 0.145 e. The Kier molecular flexibility index (Phi) is 3.94. The van der Waals surface area contributed by atoms with E-state index in [0.29, 0.717) is 6.61 Å². The average Bonchev–Trinajstić information content (AvgIpc) is 2.38. The topological polar surface area (TPSA) is 34.1 Å². The SMILES string of the molecule is CCc1cc(OCCNC)c2ncccc2c1. The van der Waals surface area contributed by atoms with Crippen LogP contribution >= 0.6 is 0 Å². The van der Waals surface area contributed by atoms with Crippen LogP contribution in [-0.4, -0.2) is 25.2 Å². The minimum absolute atomic E-state index is 0.662. The third-order valence-corrected chi connectivity index (χ3v) is 2.75. The normalized spacial score (nSPS) is 10.7. The molecule has 3 heteroatoms. The van der Waals surface area contributed by atoms with Crippen LogP contribution in [0.2, 0.25) is 0 Å². The predicted molar refractivity (Wildman–Crippen MR) is 70.5 cm³/mol. The summed E-state index contributed by atoms with van der Waals surface area (Å²) >= 11 is 0. The number of hydrogen-bond donors (Lipinski definition) is 1. The maximum atomic E-state index is 5.78. The van der Waals surface area contributed by atoms with Gasteiger partial charge in [-0.3, -0.25) is 4.98 Å². The molecular formula is C14H18N2O. The molecule has 90 valence electrons. The second-order valence-electron chi connectivity index (χ2n) is 3.97. The van der Waals surface area contributed by atoms with Gasteiger partial charge in [0.15, 0.2) is 0 Å². The van der Waals surface area contributed by atoms with Crippen LogP contribution in [-0.2, 0) is 6.42 Å². The number of hydrogen-bond acceptors (Lipinski definition) is 3. The van der Waals surface area contributed by atoms with Crippen molar-refractivity contribution in [2.24, 2.45) is 0 Å². The third-order valence-electron chi connectivity index (χ3n) is 2.75. The molecule has 0 spiro atoms. The molecule has 0 aliphatic heterocycles. The Balaban J connectivity index is 2.36. The summed E-state index contributed by atoms with van der Waals surface area (Å²) in [6.45, 7) is 3.65. The lowest BCUT2D eigenvalue weighted by molar-refractivity contribution is 0.321. The van der Waals surface area contributed by atoms with Crippen molar-refractivity contribution < 1.29 is 4.74 Å². The largest absolute Gasteiger partial charge is 0.490 e. The quantitative estimate of drug-likeness (QED) is 0.801. The summed E-state index contributed by atoms with van der Waals surface area (Å²) in [7, 11) is 1.92. The maximum absolute atomic E-state index is 5.78. The van der Waals surface area contributed by atoms with Gasteiger partial charge in [0, 0.05) is 18.1 Å². The number of aryl methyl sites for hydroxylation is 1. The minimum Gasteiger partial charge on any atom is -0.490 e. The number of aromatic nitrogens is 1. The smallest absolute Gasteiger partial charge is 0.145 e. The van der Waals surface area contributed by atoms with Gasteiger partial charge in [-0.25, -0.2) is 0 Å². The van der Waals surface area contributed by atoms with E-state index in [4.69, 9.17) is 4.74 Å². The zero-order valence-electron chi connectivity index (χ0n) is 10.4. The standard InChI is InChI=1S/C14H18N2O/c1-3-11-9-12-5-4-6-16-14(12)13(10-11)17-8-7-15-2/h4-6,9-10,15H,3,7-8H2,1-2H3. The Morgan fingerprint density at radius 2 is 2.24 bits per heavy atom. The highest BCUT2D eigenvalue weighted by atomic mass is 16.5. The molecule has 0 fully saturated rings. The van der Waals surface area contributed by atoms with Gasteiger partial charge in [-0.1, -0.05) is 13.0 Å². The van der Waals surface area contributed by atoms with Gasteiger partial charge in [0.05, 0.1) is 0 Å². The molecule has 2 aromatic rings. The predicted octanol–water partition coefficient (Wildman–Crippen LogP) is 2.40. The Bertz CT molecular complexity index is 497. The number of benzene rings is 1. The van der Waals surface area contributed by atoms with Crippen molar-refractivity contribution in [3.05, 3.63) is 36.0 Å². The van der Waals surface area contributed by atoms with E-state index in [-0.39, 0.29) is 0 Å². The molecule has 1 N–H and O–H groups in total. The molecule has 0 atom stereocenters. The monoisotopic (exact) mass is 230 g/mol. The summed E-state index contributed by atoms with van der Waals surface area (Å²) < 4.78 is 5.78. The van der Waals surface area contributed by atoms with Crippen molar-refractivity contribution in [3.8, 4) is 5.75 Å². The molecule has 1 heterocycles. The number of rotatable bonds is 5. The van der Waals surface area contributed by atoms with Gasteiger partial charge in [-0.15, -0.1) is 0 Å². The highest BCUT2D eigenvalue weighted by Crippen LogP contribution is 2.25. The van der Waals surface area contributed by atoms with Gasteiger partial charge in [-0.05, 0) is 37.2 Å². The molecule has 0 unspecified atom stereocenters. The summed E-state index contributed by atoms with van der Waals surface area (Å²) in [5.41, 5.74) is 2.23. The number of likely N-dealkylation sites (N-methyl/N-ethyl adjacent to an activating group) is 1. The van der Waals surface area contributed by atoms with Crippen molar-refractivity contribution >= 4 is 10.9 Å². The first-order chi connectivity index (χ1) is 8.35. The first kappa shape index (κ1) is 11.9. The third kappa shape index (κ3) is 2.74. The van der Waals surface area contributed by atoms with Gasteiger partial charge < -0.3 is 10.1 Å². The highest BCUT2D eigenvalue weighted by molar-refractivity contribution is 5.85. The Hall–Kier alpha value is -1.61. The summed E-state index contributed by atoms with van der Waals surface area (Å²) in [4.78, 5) is 4.39. The van der Waals surface area contributed by atoms with E-state index in [1.807, 2.05) is 13.1 Å². The molecule has 3 nitrogen and oxygen atoms in total. The van der Waals surface area contributed by atoms with Crippen molar-refractivity contribution in [1.29, 1.82) is 0 Å². The highest BCUT2D eigenvalue weighted by Gasteiger charge is 2.05. The first-order valence-corrected chi connectivity index (χ1v) is 6.00. The molecule has 0 aliphatic carbocycles. The molecule has 0 radical (unpaired) electrons. The van der Waals surface area contributed by atoms with E-state index in [0.717, 1.165) is 29.6 Å². The van der Waals surface area contributed by atoms with E-state index >= 15 is 0 Å². The summed E-state index contributed by atoms with van der Waals surface area (Å²) in [6, 6.07) is 8.30. The lowest BCUT2D eigenvalue weighted by Gasteiger charge is -2.10. The fraction of sp³-hybridized carbons (Fsp3) is 0.357. The van der Waals surface area contributed by atoms with E-state index in [1.165, 1.54) is 5.56 Å². The molecule has 0 saturated carbocycles. The van der Waals surface area contributed by atoms with E-state index < -0.39 is 0 Å². The van der Waals surface area contributed by atoms with Gasteiger partial charge >= 0.3 is 0 Å². The number of nitrogens with one attached hydrogen (secondary N) is 1. The number of nitrogens with zero attached hydrogens (tertiary/aromatic N) is 1. The second-order valence-corrected chi connectivity index (χ2v) is 3.97.